The van der Waals surface area contributed by atoms with Crippen LogP contribution in [0.4, 0.5) is 5.13 Å². The van der Waals surface area contributed by atoms with Crippen molar-refractivity contribution in [3.8, 4) is 0 Å². The van der Waals surface area contributed by atoms with Gasteiger partial charge in [0.1, 0.15) is 24.2 Å². The number of aliphatic hydroxyl groups is 1. The van der Waals surface area contributed by atoms with Gasteiger partial charge in [-0.3, -0.25) is 19.3 Å². The van der Waals surface area contributed by atoms with E-state index in [2.05, 4.69) is 25.6 Å². The molecule has 0 spiro atoms. The summed E-state index contributed by atoms with van der Waals surface area (Å²) in [5.41, 5.74) is -0.303. The van der Waals surface area contributed by atoms with Crippen LogP contribution in [0.2, 0.25) is 0 Å². The first-order chi connectivity index (χ1) is 13.9. The minimum Gasteiger partial charge on any atom is -0.543 e. The predicted octanol–water partition coefficient (Wildman–Crippen LogP) is -5.54. The third-order valence-electron chi connectivity index (χ3n) is 4.04. The number of aliphatic hydroxyl groups excluding tert-OH is 1. The zero-order valence-electron chi connectivity index (χ0n) is 15.8. The monoisotopic (exact) mass is 463 g/mol. The number of nitrogens with one attached hydrogen (secondary N) is 2. The summed E-state index contributed by atoms with van der Waals surface area (Å²) < 4.78 is 0. The minimum absolute atomic E-state index is 0. The fourth-order valence-electron chi connectivity index (χ4n) is 2.80. The summed E-state index contributed by atoms with van der Waals surface area (Å²) in [4.78, 5) is 56.7. The van der Waals surface area contributed by atoms with Crippen molar-refractivity contribution in [2.45, 2.75) is 11.4 Å². The van der Waals surface area contributed by atoms with E-state index in [0.29, 0.717) is 6.41 Å². The van der Waals surface area contributed by atoms with Gasteiger partial charge in [-0.1, -0.05) is 5.16 Å². The van der Waals surface area contributed by atoms with E-state index in [0.717, 1.165) is 16.2 Å². The summed E-state index contributed by atoms with van der Waals surface area (Å²) in [5.74, 6) is -2.82. The van der Waals surface area contributed by atoms with E-state index >= 15 is 0 Å². The van der Waals surface area contributed by atoms with Gasteiger partial charge in [0.05, 0.1) is 18.3 Å². The van der Waals surface area contributed by atoms with E-state index < -0.39 is 35.8 Å². The van der Waals surface area contributed by atoms with Crippen molar-refractivity contribution in [1.82, 2.24) is 15.2 Å². The van der Waals surface area contributed by atoms with E-state index in [1.54, 1.807) is 0 Å². The van der Waals surface area contributed by atoms with Crippen LogP contribution in [0.15, 0.2) is 21.8 Å². The number of hydrogen-bond donors (Lipinski definition) is 3. The molecular weight excluding hydrogens is 449 g/mol. The average molecular weight is 463 g/mol. The summed E-state index contributed by atoms with van der Waals surface area (Å²) in [6, 6.07) is -1.00. The van der Waals surface area contributed by atoms with Crippen molar-refractivity contribution in [2.75, 3.05) is 24.8 Å². The van der Waals surface area contributed by atoms with E-state index in [1.165, 1.54) is 24.3 Å². The van der Waals surface area contributed by atoms with Gasteiger partial charge in [-0.05, 0) is 5.57 Å². The Labute approximate surface area is 200 Å². The molecule has 2 aliphatic rings. The fraction of sp³-hybridized carbons (Fsp3) is 0.333. The van der Waals surface area contributed by atoms with E-state index in [4.69, 9.17) is 0 Å². The van der Waals surface area contributed by atoms with Crippen LogP contribution in [0.3, 0.4) is 0 Å². The number of amides is 3. The molecule has 0 bridgehead atoms. The number of thioether (sulfide) groups is 1. The smallest absolute Gasteiger partial charge is 0.543 e. The van der Waals surface area contributed by atoms with E-state index in [-0.39, 0.29) is 63.1 Å². The number of rotatable bonds is 8. The van der Waals surface area contributed by atoms with Gasteiger partial charge in [0.2, 0.25) is 6.41 Å². The Hall–Kier alpha value is -1.97. The molecule has 0 radical (unpaired) electrons. The van der Waals surface area contributed by atoms with Gasteiger partial charge in [0, 0.05) is 11.1 Å². The summed E-state index contributed by atoms with van der Waals surface area (Å²) in [6.45, 7) is -0.518. The van der Waals surface area contributed by atoms with Crippen molar-refractivity contribution >= 4 is 58.1 Å². The van der Waals surface area contributed by atoms with Gasteiger partial charge in [0.15, 0.2) is 10.8 Å². The standard InChI is InChI=1S/C15H15N5O7S2.Na/c1-27-19-8(7-4-29-15(17-7)16-5-22)11(23)18-9-12(24)20-10(14(25)26)6(2-21)3-28-13(9)20;/h4-5,9,13,21H,2-3H2,1H3,(H,18,23)(H,25,26)(H,16,17,22);/q;+1/p-1/b19-8-;/t9-,13-;/m1./s1. The van der Waals surface area contributed by atoms with Crippen LogP contribution in [-0.2, 0) is 24.0 Å². The van der Waals surface area contributed by atoms with Gasteiger partial charge in [-0.25, -0.2) is 4.98 Å². The van der Waals surface area contributed by atoms with Crippen molar-refractivity contribution in [2.24, 2.45) is 5.16 Å². The van der Waals surface area contributed by atoms with Crippen LogP contribution in [0, 0.1) is 0 Å². The number of fused-ring (bicyclic) bond motifs is 1. The topological polar surface area (TPSA) is 173 Å². The fourth-order valence-corrected chi connectivity index (χ4v) is 4.79. The molecule has 15 heteroatoms. The number of oxime groups is 1. The molecule has 0 aliphatic carbocycles. The molecule has 3 N–H and O–H groups in total. The normalized spacial score (nSPS) is 20.5. The molecule has 0 unspecified atom stereocenters. The Bertz CT molecular complexity index is 934. The second-order valence-corrected chi connectivity index (χ2v) is 7.64. The number of thiazole rings is 1. The Morgan fingerprint density at radius 2 is 2.27 bits per heavy atom. The molecule has 3 rings (SSSR count). The number of carboxylic acids is 1. The van der Waals surface area contributed by atoms with Crippen molar-refractivity contribution in [3.05, 3.63) is 22.3 Å². The Morgan fingerprint density at radius 1 is 1.53 bits per heavy atom. The van der Waals surface area contributed by atoms with Crippen LogP contribution in [0.25, 0.3) is 0 Å². The molecule has 1 aromatic rings. The number of nitrogens with zero attached hydrogens (tertiary/aromatic N) is 3. The van der Waals surface area contributed by atoms with Crippen LogP contribution >= 0.6 is 23.1 Å². The molecule has 30 heavy (non-hydrogen) atoms. The zero-order valence-corrected chi connectivity index (χ0v) is 19.4. The average Bonchev–Trinajstić information content (AvgIpc) is 3.17. The zero-order chi connectivity index (χ0) is 21.1. The van der Waals surface area contributed by atoms with Gasteiger partial charge >= 0.3 is 29.6 Å². The van der Waals surface area contributed by atoms with Gasteiger partial charge in [-0.15, -0.1) is 23.1 Å². The minimum atomic E-state index is -1.57. The number of aliphatic carboxylic acids is 1. The van der Waals surface area contributed by atoms with Crippen LogP contribution in [0.5, 0.6) is 0 Å². The molecule has 154 valence electrons. The summed E-state index contributed by atoms with van der Waals surface area (Å²) in [6.07, 6.45) is 0.431. The first-order valence-electron chi connectivity index (χ1n) is 7.99. The third kappa shape index (κ3) is 4.53. The Kier molecular flexibility index (Phi) is 8.40. The maximum absolute atomic E-state index is 12.7. The summed E-state index contributed by atoms with van der Waals surface area (Å²) in [5, 5.41) is 30.2. The number of hydrogen-bond acceptors (Lipinski definition) is 11. The number of carbonyl (C=O) groups is 4. The molecule has 12 nitrogen and oxygen atoms in total. The van der Waals surface area contributed by atoms with E-state index in [9.17, 15) is 29.4 Å². The number of carbonyl (C=O) groups excluding carboxylic acids is 4. The molecule has 1 fully saturated rings. The predicted molar refractivity (Wildman–Crippen MR) is 99.5 cm³/mol. The second-order valence-electron chi connectivity index (χ2n) is 5.68. The molecule has 0 aromatic carbocycles. The van der Waals surface area contributed by atoms with E-state index in [1.807, 2.05) is 0 Å². The first kappa shape index (κ1) is 24.3. The first-order valence-corrected chi connectivity index (χ1v) is 9.92. The summed E-state index contributed by atoms with van der Waals surface area (Å²) in [7, 11) is 1.23. The van der Waals surface area contributed by atoms with Gasteiger partial charge < -0.3 is 30.5 Å². The van der Waals surface area contributed by atoms with Crippen molar-refractivity contribution in [1.29, 1.82) is 0 Å². The maximum Gasteiger partial charge on any atom is 1.00 e. The van der Waals surface area contributed by atoms with Crippen LogP contribution in [-0.4, -0.2) is 75.8 Å². The molecule has 3 heterocycles. The summed E-state index contributed by atoms with van der Waals surface area (Å²) >= 11 is 2.26. The molecule has 0 saturated carbocycles. The number of aromatic nitrogens is 1. The Balaban J connectivity index is 0.00000320. The number of β-lactam (4-membered cyclic amide) rings is 1. The molecule has 2 aliphatic heterocycles. The molecule has 2 atom stereocenters. The molecule has 1 saturated heterocycles. The quantitative estimate of drug-likeness (QED) is 0.112. The van der Waals surface area contributed by atoms with Gasteiger partial charge in [0.25, 0.3) is 11.8 Å². The molecule has 3 amide bonds. The Morgan fingerprint density at radius 3 is 2.87 bits per heavy atom. The SMILES string of the molecule is CO/N=C(\C(=O)N[C@@H]1C(=O)N2C(C(=O)[O-])=C(CO)CS[C@H]12)c1csc(NC=O)n1.[Na+]. The third-order valence-corrected chi connectivity index (χ3v) is 6.16. The van der Waals surface area contributed by atoms with Crippen molar-refractivity contribution in [3.63, 3.8) is 0 Å². The van der Waals surface area contributed by atoms with Crippen LogP contribution in [0.1, 0.15) is 5.69 Å². The van der Waals surface area contributed by atoms with Crippen LogP contribution < -0.4 is 45.3 Å². The van der Waals surface area contributed by atoms with Crippen molar-refractivity contribution < 1.29 is 63.8 Å². The number of carboxylic acid groups (broad SMARTS) is 1. The largest absolute Gasteiger partial charge is 1.00 e. The molecule has 1 aromatic heterocycles. The van der Waals surface area contributed by atoms with Gasteiger partial charge in [-0.2, -0.15) is 0 Å². The molecular formula is C15H14N5NaO7S2. The number of anilines is 1. The second kappa shape index (κ2) is 10.4. The maximum atomic E-state index is 12.7.